The Hall–Kier alpha value is -2.43. The Kier molecular flexibility index (Phi) is 9.50. The van der Waals surface area contributed by atoms with E-state index in [-0.39, 0.29) is 42.2 Å². The molecular formula is C31H47F3N4O4. The van der Waals surface area contributed by atoms with Crippen LogP contribution < -0.4 is 0 Å². The standard InChI is InChI=1S/C31H47F3N4O4/c1-20(35-42-28(41)38(17-15-36(4)5)18-16-37(6)27(40)31(32,33)34)24-9-10-25-23-8-7-21-19-22(39)11-13-29(21,2)26(23)12-14-30(24,25)3/h19,23-26H,7-18H2,1-6H3/b35-20+/t23-,24+,25-,26-,29-,30+/m0/s1. The lowest BCUT2D eigenvalue weighted by molar-refractivity contribution is -0.184. The highest BCUT2D eigenvalue weighted by atomic mass is 19.4. The van der Waals surface area contributed by atoms with Gasteiger partial charge in [0.2, 0.25) is 0 Å². The second-order valence-corrected chi connectivity index (χ2v) is 13.7. The molecule has 0 heterocycles. The molecule has 0 bridgehead atoms. The van der Waals surface area contributed by atoms with Gasteiger partial charge in [-0.05, 0) is 101 Å². The van der Waals surface area contributed by atoms with E-state index in [4.69, 9.17) is 4.84 Å². The van der Waals surface area contributed by atoms with Gasteiger partial charge in [0.15, 0.2) is 5.78 Å². The molecule has 42 heavy (non-hydrogen) atoms. The number of alkyl halides is 3. The van der Waals surface area contributed by atoms with E-state index in [2.05, 4.69) is 19.0 Å². The minimum atomic E-state index is -4.97. The maximum atomic E-state index is 13.0. The SMILES string of the molecule is C/C(=N\OC(=O)N(CCN(C)C)CCN(C)C(=O)C(F)(F)F)[C@H]1CC[C@H]2[C@@H]3CCC4=CC(=O)CC[C@]4(C)[C@H]3CC[C@]12C. The van der Waals surface area contributed by atoms with E-state index in [0.29, 0.717) is 35.6 Å². The van der Waals surface area contributed by atoms with Crippen LogP contribution in [0.25, 0.3) is 0 Å². The topological polar surface area (TPSA) is 82.5 Å². The third-order valence-electron chi connectivity index (χ3n) is 11.1. The molecule has 4 aliphatic carbocycles. The summed E-state index contributed by atoms with van der Waals surface area (Å²) in [4.78, 5) is 45.8. The molecule has 2 amide bonds. The first kappa shape index (κ1) is 32.5. The van der Waals surface area contributed by atoms with Gasteiger partial charge >= 0.3 is 18.2 Å². The van der Waals surface area contributed by atoms with E-state index in [0.717, 1.165) is 57.7 Å². The van der Waals surface area contributed by atoms with Crippen LogP contribution in [0.3, 0.4) is 0 Å². The molecule has 3 fully saturated rings. The van der Waals surface area contributed by atoms with Crippen LogP contribution in [0.5, 0.6) is 0 Å². The number of rotatable bonds is 8. The van der Waals surface area contributed by atoms with Gasteiger partial charge in [0.1, 0.15) is 0 Å². The average molecular weight is 597 g/mol. The van der Waals surface area contributed by atoms with Crippen LogP contribution in [-0.2, 0) is 14.4 Å². The van der Waals surface area contributed by atoms with Crippen molar-refractivity contribution in [3.05, 3.63) is 11.6 Å². The fourth-order valence-corrected chi connectivity index (χ4v) is 8.68. The van der Waals surface area contributed by atoms with Gasteiger partial charge in [-0.25, -0.2) is 4.79 Å². The first-order chi connectivity index (χ1) is 19.6. The quantitative estimate of drug-likeness (QED) is 0.209. The van der Waals surface area contributed by atoms with Gasteiger partial charge in [0.05, 0.1) is 5.71 Å². The number of ketones is 1. The van der Waals surface area contributed by atoms with Gasteiger partial charge < -0.3 is 14.7 Å². The maximum Gasteiger partial charge on any atom is 0.471 e. The summed E-state index contributed by atoms with van der Waals surface area (Å²) in [5.41, 5.74) is 2.29. The summed E-state index contributed by atoms with van der Waals surface area (Å²) in [6.45, 7) is 6.97. The molecule has 0 unspecified atom stereocenters. The number of allylic oxidation sites excluding steroid dienone is 1. The molecule has 0 spiro atoms. The monoisotopic (exact) mass is 596 g/mol. The molecule has 6 atom stereocenters. The summed E-state index contributed by atoms with van der Waals surface area (Å²) in [5, 5.41) is 4.29. The summed E-state index contributed by atoms with van der Waals surface area (Å²) >= 11 is 0. The largest absolute Gasteiger partial charge is 0.471 e. The van der Waals surface area contributed by atoms with Crippen LogP contribution >= 0.6 is 0 Å². The number of halogens is 3. The van der Waals surface area contributed by atoms with E-state index >= 15 is 0 Å². The molecule has 3 saturated carbocycles. The van der Waals surface area contributed by atoms with Crippen molar-refractivity contribution in [1.82, 2.24) is 14.7 Å². The fraction of sp³-hybridized carbons (Fsp3) is 0.806. The zero-order valence-corrected chi connectivity index (χ0v) is 25.9. The molecule has 0 saturated heterocycles. The maximum absolute atomic E-state index is 13.0. The number of carbonyl (C=O) groups excluding carboxylic acids is 3. The zero-order chi connectivity index (χ0) is 31.0. The molecule has 0 radical (unpaired) electrons. The normalized spacial score (nSPS) is 33.0. The van der Waals surface area contributed by atoms with Gasteiger partial charge in [-0.2, -0.15) is 13.2 Å². The first-order valence-electron chi connectivity index (χ1n) is 15.3. The Labute approximate surface area is 247 Å². The minimum Gasteiger partial charge on any atom is -0.336 e. The minimum absolute atomic E-state index is 0.0501. The number of hydrogen-bond acceptors (Lipinski definition) is 6. The molecule has 0 aromatic carbocycles. The van der Waals surface area contributed by atoms with Crippen molar-refractivity contribution in [3.63, 3.8) is 0 Å². The highest BCUT2D eigenvalue weighted by molar-refractivity contribution is 5.91. The van der Waals surface area contributed by atoms with E-state index in [1.807, 2.05) is 32.0 Å². The molecule has 0 aliphatic heterocycles. The Balaban J connectivity index is 1.42. The van der Waals surface area contributed by atoms with Crippen LogP contribution in [0.4, 0.5) is 18.0 Å². The highest BCUT2D eigenvalue weighted by Gasteiger charge is 2.59. The Morgan fingerprint density at radius 3 is 2.33 bits per heavy atom. The van der Waals surface area contributed by atoms with Gasteiger partial charge in [-0.15, -0.1) is 0 Å². The molecule has 236 valence electrons. The number of fused-ring (bicyclic) bond motifs is 5. The molecule has 11 heteroatoms. The van der Waals surface area contributed by atoms with Crippen LogP contribution in [-0.4, -0.2) is 91.7 Å². The van der Waals surface area contributed by atoms with Crippen molar-refractivity contribution in [2.24, 2.45) is 39.7 Å². The van der Waals surface area contributed by atoms with E-state index in [1.165, 1.54) is 10.5 Å². The first-order valence-corrected chi connectivity index (χ1v) is 15.3. The smallest absolute Gasteiger partial charge is 0.336 e. The molecule has 4 aliphatic rings. The third-order valence-corrected chi connectivity index (χ3v) is 11.1. The second-order valence-electron chi connectivity index (χ2n) is 13.7. The van der Waals surface area contributed by atoms with Gasteiger partial charge in [0, 0.05) is 45.6 Å². The summed E-state index contributed by atoms with van der Waals surface area (Å²) in [6, 6.07) is 0. The van der Waals surface area contributed by atoms with E-state index in [1.54, 1.807) is 0 Å². The van der Waals surface area contributed by atoms with Crippen LogP contribution in [0.1, 0.15) is 72.1 Å². The molecule has 4 rings (SSSR count). The average Bonchev–Trinajstić information content (AvgIpc) is 3.28. The Morgan fingerprint density at radius 1 is 0.976 bits per heavy atom. The van der Waals surface area contributed by atoms with E-state index in [9.17, 15) is 27.6 Å². The van der Waals surface area contributed by atoms with Gasteiger partial charge in [-0.3, -0.25) is 14.4 Å². The lowest BCUT2D eigenvalue weighted by Gasteiger charge is -2.58. The molecule has 0 N–H and O–H groups in total. The highest BCUT2D eigenvalue weighted by Crippen LogP contribution is 2.66. The lowest BCUT2D eigenvalue weighted by atomic mass is 9.46. The summed E-state index contributed by atoms with van der Waals surface area (Å²) in [5.74, 6) is 0.247. The lowest BCUT2D eigenvalue weighted by Crippen LogP contribution is -2.51. The Bertz CT molecular complexity index is 1120. The van der Waals surface area contributed by atoms with Crippen LogP contribution in [0.2, 0.25) is 0 Å². The van der Waals surface area contributed by atoms with E-state index < -0.39 is 18.2 Å². The summed E-state index contributed by atoms with van der Waals surface area (Å²) in [7, 11) is 4.72. The van der Waals surface area contributed by atoms with Gasteiger partial charge in [0.25, 0.3) is 0 Å². The fourth-order valence-electron chi connectivity index (χ4n) is 8.68. The number of hydrogen-bond donors (Lipinski definition) is 0. The summed E-state index contributed by atoms with van der Waals surface area (Å²) in [6.07, 6.45) is 4.20. The van der Waals surface area contributed by atoms with Gasteiger partial charge in [-0.1, -0.05) is 24.6 Å². The van der Waals surface area contributed by atoms with Crippen molar-refractivity contribution in [2.45, 2.75) is 78.3 Å². The summed E-state index contributed by atoms with van der Waals surface area (Å²) < 4.78 is 38.4. The van der Waals surface area contributed by atoms with Crippen molar-refractivity contribution < 1.29 is 32.4 Å². The number of amides is 2. The number of oxime groups is 1. The molecule has 8 nitrogen and oxygen atoms in total. The second kappa shape index (κ2) is 12.3. The number of nitrogens with zero attached hydrogens (tertiary/aromatic N) is 4. The van der Waals surface area contributed by atoms with Crippen molar-refractivity contribution >= 4 is 23.5 Å². The predicted molar refractivity (Wildman–Crippen MR) is 154 cm³/mol. The molecule has 0 aromatic rings. The number of carbonyl (C=O) groups is 3. The van der Waals surface area contributed by atoms with Crippen molar-refractivity contribution in [3.8, 4) is 0 Å². The van der Waals surface area contributed by atoms with Crippen LogP contribution in [0, 0.1) is 34.5 Å². The predicted octanol–water partition coefficient (Wildman–Crippen LogP) is 5.53. The zero-order valence-electron chi connectivity index (χ0n) is 25.9. The van der Waals surface area contributed by atoms with Crippen molar-refractivity contribution in [2.75, 3.05) is 47.3 Å². The van der Waals surface area contributed by atoms with Crippen LogP contribution in [0.15, 0.2) is 16.8 Å². The van der Waals surface area contributed by atoms with Crippen molar-refractivity contribution in [1.29, 1.82) is 0 Å². The molecular weight excluding hydrogens is 549 g/mol. The molecule has 0 aromatic heterocycles. The number of likely N-dealkylation sites (N-methyl/N-ethyl adjacent to an activating group) is 2. The third kappa shape index (κ3) is 6.40. The Morgan fingerprint density at radius 2 is 1.67 bits per heavy atom.